The van der Waals surface area contributed by atoms with Crippen LogP contribution in [0.4, 0.5) is 0 Å². The largest absolute Gasteiger partial charge is 0.377 e. The topological polar surface area (TPSA) is 9.23 Å². The van der Waals surface area contributed by atoms with Crippen molar-refractivity contribution in [2.45, 2.75) is 43.0 Å². The Labute approximate surface area is 106 Å². The van der Waals surface area contributed by atoms with Crippen molar-refractivity contribution in [1.29, 1.82) is 0 Å². The van der Waals surface area contributed by atoms with Crippen molar-refractivity contribution >= 4 is 15.9 Å². The van der Waals surface area contributed by atoms with Gasteiger partial charge in [0.05, 0.1) is 6.10 Å². The Balaban J connectivity index is 1.62. The molecule has 88 valence electrons. The molecule has 2 heteroatoms. The number of halogens is 1. The highest BCUT2D eigenvalue weighted by molar-refractivity contribution is 9.09. The van der Waals surface area contributed by atoms with Crippen molar-refractivity contribution in [2.24, 2.45) is 0 Å². The molecule has 1 fully saturated rings. The minimum absolute atomic E-state index is 0.454. The van der Waals surface area contributed by atoms with E-state index in [4.69, 9.17) is 4.74 Å². The number of benzene rings is 1. The van der Waals surface area contributed by atoms with E-state index in [9.17, 15) is 0 Å². The van der Waals surface area contributed by atoms with Crippen molar-refractivity contribution < 1.29 is 4.74 Å². The SMILES string of the molecule is BrC1CCCC1OCCCc1ccccc1. The molecule has 16 heavy (non-hydrogen) atoms. The molecular weight excluding hydrogens is 264 g/mol. The fraction of sp³-hybridized carbons (Fsp3) is 0.571. The second-order valence-electron chi connectivity index (χ2n) is 4.45. The third kappa shape index (κ3) is 3.60. The number of hydrogen-bond acceptors (Lipinski definition) is 1. The maximum Gasteiger partial charge on any atom is 0.0700 e. The van der Waals surface area contributed by atoms with Crippen LogP contribution in [0.15, 0.2) is 30.3 Å². The Hall–Kier alpha value is -0.340. The van der Waals surface area contributed by atoms with E-state index >= 15 is 0 Å². The van der Waals surface area contributed by atoms with E-state index in [1.54, 1.807) is 0 Å². The molecule has 0 radical (unpaired) electrons. The van der Waals surface area contributed by atoms with E-state index in [0.29, 0.717) is 10.9 Å². The first-order chi connectivity index (χ1) is 7.86. The Bertz CT molecular complexity index is 299. The summed E-state index contributed by atoms with van der Waals surface area (Å²) >= 11 is 3.68. The summed E-state index contributed by atoms with van der Waals surface area (Å²) in [6, 6.07) is 10.6. The lowest BCUT2D eigenvalue weighted by Gasteiger charge is -2.14. The van der Waals surface area contributed by atoms with Gasteiger partial charge >= 0.3 is 0 Å². The summed E-state index contributed by atoms with van der Waals surface area (Å²) in [5.74, 6) is 0. The zero-order valence-corrected chi connectivity index (χ0v) is 11.2. The zero-order chi connectivity index (χ0) is 11.2. The fourth-order valence-corrected chi connectivity index (χ4v) is 2.96. The average molecular weight is 283 g/mol. The maximum atomic E-state index is 5.89. The van der Waals surface area contributed by atoms with Crippen LogP contribution in [0.5, 0.6) is 0 Å². The van der Waals surface area contributed by atoms with Gasteiger partial charge in [-0.25, -0.2) is 0 Å². The summed E-state index contributed by atoms with van der Waals surface area (Å²) < 4.78 is 5.89. The number of rotatable bonds is 5. The molecular formula is C14H19BrO. The van der Waals surface area contributed by atoms with Crippen LogP contribution < -0.4 is 0 Å². The Morgan fingerprint density at radius 3 is 2.69 bits per heavy atom. The van der Waals surface area contributed by atoms with Gasteiger partial charge in [0, 0.05) is 11.4 Å². The molecule has 1 aliphatic rings. The second-order valence-corrected chi connectivity index (χ2v) is 5.62. The summed E-state index contributed by atoms with van der Waals surface area (Å²) in [5.41, 5.74) is 1.41. The van der Waals surface area contributed by atoms with Gasteiger partial charge in [-0.05, 0) is 37.7 Å². The molecule has 1 saturated carbocycles. The number of alkyl halides is 1. The average Bonchev–Trinajstić information content (AvgIpc) is 2.72. The summed E-state index contributed by atoms with van der Waals surface area (Å²) in [6.45, 7) is 0.891. The van der Waals surface area contributed by atoms with E-state index in [0.717, 1.165) is 19.4 Å². The number of aryl methyl sites for hydroxylation is 1. The van der Waals surface area contributed by atoms with Gasteiger partial charge in [0.2, 0.25) is 0 Å². The van der Waals surface area contributed by atoms with Gasteiger partial charge in [-0.1, -0.05) is 46.3 Å². The molecule has 0 bridgehead atoms. The van der Waals surface area contributed by atoms with Crippen LogP contribution in [0, 0.1) is 0 Å². The van der Waals surface area contributed by atoms with Crippen LogP contribution in [-0.4, -0.2) is 17.5 Å². The molecule has 2 unspecified atom stereocenters. The van der Waals surface area contributed by atoms with E-state index < -0.39 is 0 Å². The Morgan fingerprint density at radius 2 is 2.00 bits per heavy atom. The summed E-state index contributed by atoms with van der Waals surface area (Å²) in [4.78, 5) is 0.587. The van der Waals surface area contributed by atoms with Crippen LogP contribution in [-0.2, 0) is 11.2 Å². The van der Waals surface area contributed by atoms with E-state index in [2.05, 4.69) is 46.3 Å². The molecule has 1 aromatic carbocycles. The van der Waals surface area contributed by atoms with Crippen LogP contribution >= 0.6 is 15.9 Å². The fourth-order valence-electron chi connectivity index (χ4n) is 2.22. The second kappa shape index (κ2) is 6.41. The van der Waals surface area contributed by atoms with Gasteiger partial charge in [0.25, 0.3) is 0 Å². The lowest BCUT2D eigenvalue weighted by molar-refractivity contribution is 0.0613. The zero-order valence-electron chi connectivity index (χ0n) is 9.57. The summed E-state index contributed by atoms with van der Waals surface area (Å²) in [5, 5.41) is 0. The number of ether oxygens (including phenoxy) is 1. The van der Waals surface area contributed by atoms with Crippen LogP contribution in [0.25, 0.3) is 0 Å². The lowest BCUT2D eigenvalue weighted by atomic mass is 10.1. The van der Waals surface area contributed by atoms with E-state index in [1.165, 1.54) is 24.8 Å². The van der Waals surface area contributed by atoms with Gasteiger partial charge < -0.3 is 4.74 Å². The standard InChI is InChI=1S/C14H19BrO/c15-13-9-4-10-14(13)16-11-5-8-12-6-2-1-3-7-12/h1-3,6-7,13-14H,4-5,8-11H2. The quantitative estimate of drug-likeness (QED) is 0.587. The van der Waals surface area contributed by atoms with Gasteiger partial charge in [0.1, 0.15) is 0 Å². The minimum atomic E-state index is 0.454. The third-order valence-corrected chi connectivity index (χ3v) is 4.20. The van der Waals surface area contributed by atoms with E-state index in [-0.39, 0.29) is 0 Å². The van der Waals surface area contributed by atoms with Gasteiger partial charge in [-0.3, -0.25) is 0 Å². The minimum Gasteiger partial charge on any atom is -0.377 e. The molecule has 0 aromatic heterocycles. The number of hydrogen-bond donors (Lipinski definition) is 0. The Morgan fingerprint density at radius 1 is 1.19 bits per heavy atom. The highest BCUT2D eigenvalue weighted by Crippen LogP contribution is 2.28. The molecule has 1 aliphatic carbocycles. The van der Waals surface area contributed by atoms with E-state index in [1.807, 2.05) is 0 Å². The molecule has 1 nitrogen and oxygen atoms in total. The maximum absolute atomic E-state index is 5.89. The Kier molecular flexibility index (Phi) is 4.86. The predicted molar refractivity (Wildman–Crippen MR) is 71.1 cm³/mol. The molecule has 0 N–H and O–H groups in total. The van der Waals surface area contributed by atoms with Crippen LogP contribution in [0.2, 0.25) is 0 Å². The highest BCUT2D eigenvalue weighted by Gasteiger charge is 2.24. The van der Waals surface area contributed by atoms with Gasteiger partial charge in [0.15, 0.2) is 0 Å². The first-order valence-corrected chi connectivity index (χ1v) is 7.07. The predicted octanol–water partition coefficient (Wildman–Crippen LogP) is 3.95. The van der Waals surface area contributed by atoms with Crippen molar-refractivity contribution in [3.05, 3.63) is 35.9 Å². The molecule has 2 atom stereocenters. The molecule has 0 aliphatic heterocycles. The van der Waals surface area contributed by atoms with Crippen LogP contribution in [0.3, 0.4) is 0 Å². The van der Waals surface area contributed by atoms with Crippen molar-refractivity contribution in [2.75, 3.05) is 6.61 Å². The first-order valence-electron chi connectivity index (χ1n) is 6.16. The highest BCUT2D eigenvalue weighted by atomic mass is 79.9. The van der Waals surface area contributed by atoms with Crippen molar-refractivity contribution in [1.82, 2.24) is 0 Å². The smallest absolute Gasteiger partial charge is 0.0700 e. The molecule has 0 heterocycles. The van der Waals surface area contributed by atoms with Gasteiger partial charge in [-0.2, -0.15) is 0 Å². The molecule has 0 saturated heterocycles. The summed E-state index contributed by atoms with van der Waals surface area (Å²) in [6.07, 6.45) is 6.50. The van der Waals surface area contributed by atoms with Gasteiger partial charge in [-0.15, -0.1) is 0 Å². The van der Waals surface area contributed by atoms with Crippen LogP contribution in [0.1, 0.15) is 31.2 Å². The summed E-state index contributed by atoms with van der Waals surface area (Å²) in [7, 11) is 0. The normalized spacial score (nSPS) is 24.8. The molecule has 1 aromatic rings. The monoisotopic (exact) mass is 282 g/mol. The van der Waals surface area contributed by atoms with Crippen molar-refractivity contribution in [3.63, 3.8) is 0 Å². The first kappa shape index (κ1) is 12.1. The van der Waals surface area contributed by atoms with Crippen molar-refractivity contribution in [3.8, 4) is 0 Å². The molecule has 0 amide bonds. The molecule has 2 rings (SSSR count). The lowest BCUT2D eigenvalue weighted by Crippen LogP contribution is -2.18. The molecule has 0 spiro atoms. The third-order valence-electron chi connectivity index (χ3n) is 3.16.